The van der Waals surface area contributed by atoms with Gasteiger partial charge in [0.2, 0.25) is 0 Å². The Morgan fingerprint density at radius 2 is 1.93 bits per heavy atom. The molecule has 1 N–H and O–H groups in total. The third kappa shape index (κ3) is 3.25. The number of carbonyl (C=O) groups excluding carboxylic acids is 1. The summed E-state index contributed by atoms with van der Waals surface area (Å²) in [5, 5.41) is 3.38. The van der Waals surface area contributed by atoms with Crippen molar-refractivity contribution in [1.82, 2.24) is 0 Å². The molecule has 1 amide bonds. The van der Waals surface area contributed by atoms with E-state index in [4.69, 9.17) is 29.8 Å². The molecule has 0 heterocycles. The van der Waals surface area contributed by atoms with Crippen LogP contribution in [-0.4, -0.2) is 12.5 Å². The van der Waals surface area contributed by atoms with Gasteiger partial charge in [-0.25, -0.2) is 6.57 Å². The SMILES string of the molecule is [C-]#[N+]CC(=O)Nc1cc(Cl)cc(Cl)c1. The third-order valence-corrected chi connectivity index (χ3v) is 1.81. The summed E-state index contributed by atoms with van der Waals surface area (Å²) in [6, 6.07) is 4.69. The van der Waals surface area contributed by atoms with E-state index >= 15 is 0 Å². The van der Waals surface area contributed by atoms with Gasteiger partial charge in [0.05, 0.1) is 0 Å². The van der Waals surface area contributed by atoms with Crippen molar-refractivity contribution in [3.05, 3.63) is 39.7 Å². The molecule has 1 aromatic rings. The van der Waals surface area contributed by atoms with Crippen molar-refractivity contribution in [3.63, 3.8) is 0 Å². The molecule has 0 bridgehead atoms. The predicted molar refractivity (Wildman–Crippen MR) is 56.6 cm³/mol. The van der Waals surface area contributed by atoms with Crippen molar-refractivity contribution >= 4 is 34.8 Å². The summed E-state index contributed by atoms with van der Waals surface area (Å²) < 4.78 is 0. The number of rotatable bonds is 2. The maximum Gasteiger partial charge on any atom is 0.304 e. The second kappa shape index (κ2) is 4.85. The molecular formula is C9H6Cl2N2O. The number of hydrogen-bond acceptors (Lipinski definition) is 1. The first kappa shape index (κ1) is 10.8. The second-order valence-electron chi connectivity index (χ2n) is 2.52. The van der Waals surface area contributed by atoms with Crippen LogP contribution >= 0.6 is 23.2 Å². The first-order valence-electron chi connectivity index (χ1n) is 3.71. The van der Waals surface area contributed by atoms with E-state index in [1.54, 1.807) is 18.2 Å². The monoisotopic (exact) mass is 228 g/mol. The van der Waals surface area contributed by atoms with Gasteiger partial charge in [-0.15, -0.1) is 0 Å². The van der Waals surface area contributed by atoms with Crippen molar-refractivity contribution in [1.29, 1.82) is 0 Å². The lowest BCUT2D eigenvalue weighted by atomic mass is 10.3. The molecule has 72 valence electrons. The molecule has 1 rings (SSSR count). The van der Waals surface area contributed by atoms with Crippen LogP contribution in [0.3, 0.4) is 0 Å². The minimum atomic E-state index is -0.377. The van der Waals surface area contributed by atoms with Crippen LogP contribution in [-0.2, 0) is 4.79 Å². The van der Waals surface area contributed by atoms with E-state index in [0.717, 1.165) is 0 Å². The molecule has 14 heavy (non-hydrogen) atoms. The number of hydrogen-bond donors (Lipinski definition) is 1. The molecule has 0 spiro atoms. The highest BCUT2D eigenvalue weighted by Gasteiger charge is 2.05. The normalized spacial score (nSPS) is 9.21. The lowest BCUT2D eigenvalue weighted by molar-refractivity contribution is -0.114. The molecule has 5 heteroatoms. The zero-order valence-electron chi connectivity index (χ0n) is 7.05. The van der Waals surface area contributed by atoms with Gasteiger partial charge in [-0.05, 0) is 18.2 Å². The first-order valence-corrected chi connectivity index (χ1v) is 4.46. The van der Waals surface area contributed by atoms with Gasteiger partial charge in [0, 0.05) is 15.7 Å². The maximum atomic E-state index is 11.0. The fourth-order valence-corrected chi connectivity index (χ4v) is 1.42. The van der Waals surface area contributed by atoms with Crippen LogP contribution in [0.2, 0.25) is 10.0 Å². The highest BCUT2D eigenvalue weighted by atomic mass is 35.5. The Bertz CT molecular complexity index is 378. The van der Waals surface area contributed by atoms with Crippen LogP contribution in [0.4, 0.5) is 5.69 Å². The Labute approximate surface area is 91.4 Å². The average molecular weight is 229 g/mol. The molecule has 0 aliphatic heterocycles. The molecule has 1 aromatic carbocycles. The minimum Gasteiger partial charge on any atom is -0.320 e. The van der Waals surface area contributed by atoms with Crippen molar-refractivity contribution in [2.45, 2.75) is 0 Å². The molecule has 0 aliphatic rings. The van der Waals surface area contributed by atoms with Crippen molar-refractivity contribution < 1.29 is 4.79 Å². The van der Waals surface area contributed by atoms with Crippen LogP contribution in [0.15, 0.2) is 18.2 Å². The van der Waals surface area contributed by atoms with Crippen LogP contribution < -0.4 is 5.32 Å². The summed E-state index contributed by atoms with van der Waals surface area (Å²) in [5.74, 6) is -0.377. The smallest absolute Gasteiger partial charge is 0.304 e. The van der Waals surface area contributed by atoms with Gasteiger partial charge in [0.15, 0.2) is 0 Å². The molecule has 0 saturated heterocycles. The van der Waals surface area contributed by atoms with E-state index in [-0.39, 0.29) is 12.5 Å². The van der Waals surface area contributed by atoms with E-state index in [1.807, 2.05) is 0 Å². The van der Waals surface area contributed by atoms with Crippen LogP contribution in [0.1, 0.15) is 0 Å². The first-order chi connectivity index (χ1) is 6.61. The van der Waals surface area contributed by atoms with Crippen molar-refractivity contribution in [2.75, 3.05) is 11.9 Å². The molecule has 0 unspecified atom stereocenters. The van der Waals surface area contributed by atoms with Crippen LogP contribution in [0.5, 0.6) is 0 Å². The quantitative estimate of drug-likeness (QED) is 0.777. The fourth-order valence-electron chi connectivity index (χ4n) is 0.898. The topological polar surface area (TPSA) is 33.5 Å². The van der Waals surface area contributed by atoms with Gasteiger partial charge < -0.3 is 10.2 Å². The molecule has 0 fully saturated rings. The highest BCUT2D eigenvalue weighted by Crippen LogP contribution is 2.22. The molecule has 0 aromatic heterocycles. The minimum absolute atomic E-state index is 0.204. The standard InChI is InChI=1S/C9H6Cl2N2O/c1-12-5-9(14)13-8-3-6(10)2-7(11)4-8/h2-4H,5H2,(H,13,14). The Balaban J connectivity index is 2.77. The van der Waals surface area contributed by atoms with Crippen LogP contribution in [0, 0.1) is 6.57 Å². The molecule has 0 saturated carbocycles. The van der Waals surface area contributed by atoms with E-state index in [9.17, 15) is 4.79 Å². The molecule has 0 atom stereocenters. The number of nitrogens with zero attached hydrogens (tertiary/aromatic N) is 1. The largest absolute Gasteiger partial charge is 0.320 e. The number of benzene rings is 1. The second-order valence-corrected chi connectivity index (χ2v) is 3.40. The van der Waals surface area contributed by atoms with E-state index < -0.39 is 0 Å². The van der Waals surface area contributed by atoms with Crippen molar-refractivity contribution in [2.24, 2.45) is 0 Å². The third-order valence-electron chi connectivity index (χ3n) is 1.37. The summed E-state index contributed by atoms with van der Waals surface area (Å²) in [4.78, 5) is 14.0. The number of carbonyl (C=O) groups is 1. The Hall–Kier alpha value is -1.24. The molecule has 3 nitrogen and oxygen atoms in total. The molecular weight excluding hydrogens is 223 g/mol. The van der Waals surface area contributed by atoms with Gasteiger partial charge in [0.25, 0.3) is 6.54 Å². The van der Waals surface area contributed by atoms with Gasteiger partial charge >= 0.3 is 5.91 Å². The Morgan fingerprint density at radius 3 is 2.43 bits per heavy atom. The zero-order valence-corrected chi connectivity index (χ0v) is 8.56. The summed E-state index contributed by atoms with van der Waals surface area (Å²) in [7, 11) is 0. The summed E-state index contributed by atoms with van der Waals surface area (Å²) in [6.07, 6.45) is 0. The molecule has 0 aliphatic carbocycles. The van der Waals surface area contributed by atoms with Gasteiger partial charge in [-0.3, -0.25) is 4.79 Å². The number of nitrogens with one attached hydrogen (secondary N) is 1. The van der Waals surface area contributed by atoms with Gasteiger partial charge in [-0.1, -0.05) is 23.2 Å². The lowest BCUT2D eigenvalue weighted by Crippen LogP contribution is -2.13. The summed E-state index contributed by atoms with van der Waals surface area (Å²) in [5.41, 5.74) is 0.496. The van der Waals surface area contributed by atoms with Gasteiger partial charge in [0.1, 0.15) is 0 Å². The molecule has 0 radical (unpaired) electrons. The maximum absolute atomic E-state index is 11.0. The lowest BCUT2D eigenvalue weighted by Gasteiger charge is -2.02. The Morgan fingerprint density at radius 1 is 1.36 bits per heavy atom. The number of halogens is 2. The predicted octanol–water partition coefficient (Wildman–Crippen LogP) is 2.85. The van der Waals surface area contributed by atoms with E-state index in [1.165, 1.54) is 0 Å². The van der Waals surface area contributed by atoms with Crippen molar-refractivity contribution in [3.8, 4) is 0 Å². The summed E-state index contributed by atoms with van der Waals surface area (Å²) >= 11 is 11.4. The van der Waals surface area contributed by atoms with Gasteiger partial charge in [-0.2, -0.15) is 0 Å². The fraction of sp³-hybridized carbons (Fsp3) is 0.111. The average Bonchev–Trinajstić information content (AvgIpc) is 2.01. The zero-order chi connectivity index (χ0) is 10.6. The highest BCUT2D eigenvalue weighted by molar-refractivity contribution is 6.35. The number of anilines is 1. The number of amides is 1. The Kier molecular flexibility index (Phi) is 3.75. The van der Waals surface area contributed by atoms with Crippen LogP contribution in [0.25, 0.3) is 4.85 Å². The summed E-state index contributed by atoms with van der Waals surface area (Å²) in [6.45, 7) is 6.29. The van der Waals surface area contributed by atoms with E-state index in [2.05, 4.69) is 10.2 Å². The van der Waals surface area contributed by atoms with E-state index in [0.29, 0.717) is 15.7 Å².